The van der Waals surface area contributed by atoms with Crippen LogP contribution in [0, 0.1) is 0 Å². The van der Waals surface area contributed by atoms with E-state index in [4.69, 9.17) is 0 Å². The van der Waals surface area contributed by atoms with E-state index in [2.05, 4.69) is 264 Å². The van der Waals surface area contributed by atoms with Gasteiger partial charge in [-0.3, -0.25) is 0 Å². The number of para-hydroxylation sites is 2. The highest BCUT2D eigenvalue weighted by molar-refractivity contribution is 7.26. The van der Waals surface area contributed by atoms with Gasteiger partial charge in [0.2, 0.25) is 0 Å². The molecule has 0 atom stereocenters. The molecule has 3 aromatic heterocycles. The second kappa shape index (κ2) is 16.0. The Balaban J connectivity index is 0.951. The first-order valence-corrected chi connectivity index (χ1v) is 24.5. The smallest absolute Gasteiger partial charge is 0.0547 e. The predicted octanol–water partition coefficient (Wildman–Crippen LogP) is 18.6. The van der Waals surface area contributed by atoms with Crippen molar-refractivity contribution in [3.63, 3.8) is 0 Å². The SMILES string of the molecule is c1ccc(-c2cccc(-c3cccc4c3c3cc(-c5ccc6c(c5)c5ccccc5n6-c5ccc(-c6cccc7c6sc6ccccc67)cc5-c5ccccc5)ccc3n4-c3ccccc3)c2)cc1. The summed E-state index contributed by atoms with van der Waals surface area (Å²) < 4.78 is 7.55. The molecule has 0 amide bonds. The maximum absolute atomic E-state index is 2.48. The fourth-order valence-corrected chi connectivity index (χ4v) is 12.2. The molecule has 0 unspecified atom stereocenters. The zero-order valence-electron chi connectivity index (χ0n) is 37.6. The summed E-state index contributed by atoms with van der Waals surface area (Å²) in [7, 11) is 0. The molecular formula is C66H42N2S. The fraction of sp³-hybridized carbons (Fsp3) is 0. The van der Waals surface area contributed by atoms with Gasteiger partial charge in [0, 0.05) is 53.0 Å². The molecule has 0 N–H and O–H groups in total. The van der Waals surface area contributed by atoms with Crippen molar-refractivity contribution < 1.29 is 0 Å². The van der Waals surface area contributed by atoms with Gasteiger partial charge >= 0.3 is 0 Å². The zero-order valence-corrected chi connectivity index (χ0v) is 38.4. The van der Waals surface area contributed by atoms with Crippen LogP contribution in [-0.2, 0) is 0 Å². The molecule has 0 spiro atoms. The van der Waals surface area contributed by atoms with Gasteiger partial charge in [-0.2, -0.15) is 0 Å². The van der Waals surface area contributed by atoms with Crippen LogP contribution in [0.2, 0.25) is 0 Å². The van der Waals surface area contributed by atoms with Gasteiger partial charge in [-0.1, -0.05) is 182 Å². The molecule has 0 saturated carbocycles. The van der Waals surface area contributed by atoms with Crippen LogP contribution in [0.15, 0.2) is 255 Å². The van der Waals surface area contributed by atoms with E-state index in [0.717, 1.165) is 11.4 Å². The lowest BCUT2D eigenvalue weighted by Gasteiger charge is -2.16. The minimum Gasteiger partial charge on any atom is -0.309 e. The van der Waals surface area contributed by atoms with Crippen LogP contribution in [-0.4, -0.2) is 9.13 Å². The van der Waals surface area contributed by atoms with Crippen LogP contribution in [0.4, 0.5) is 0 Å². The lowest BCUT2D eigenvalue weighted by Crippen LogP contribution is -1.98. The molecule has 14 rings (SSSR count). The summed E-state index contributed by atoms with van der Waals surface area (Å²) in [6.07, 6.45) is 0. The van der Waals surface area contributed by atoms with Gasteiger partial charge in [-0.05, 0) is 123 Å². The summed E-state index contributed by atoms with van der Waals surface area (Å²) in [5.74, 6) is 0. The van der Waals surface area contributed by atoms with Crippen molar-refractivity contribution >= 4 is 75.1 Å². The third-order valence-electron chi connectivity index (χ3n) is 14.1. The van der Waals surface area contributed by atoms with Gasteiger partial charge in [0.15, 0.2) is 0 Å². The molecule has 0 aliphatic rings. The van der Waals surface area contributed by atoms with Crippen LogP contribution < -0.4 is 0 Å². The average Bonchev–Trinajstić information content (AvgIpc) is 4.09. The molecule has 14 aromatic rings. The topological polar surface area (TPSA) is 9.86 Å². The number of nitrogens with zero attached hydrogens (tertiary/aromatic N) is 2. The molecule has 3 heteroatoms. The first kappa shape index (κ1) is 39.4. The Labute approximate surface area is 403 Å². The average molecular weight is 895 g/mol. The summed E-state index contributed by atoms with van der Waals surface area (Å²) >= 11 is 1.88. The maximum Gasteiger partial charge on any atom is 0.0547 e. The molecule has 0 saturated heterocycles. The van der Waals surface area contributed by atoms with Crippen LogP contribution in [0.1, 0.15) is 0 Å². The standard InChI is InChI=1S/C66H42N2S/c1-4-17-43(18-5-1)45-21-14-22-48(39-45)51-27-16-31-63-65(51)58-41-47(34-37-62(58)67(63)50-23-8-3-9-24-50)46-33-36-61-57(40-46)53-25-10-12-30-59(53)68(61)60-38-35-49(42-56(60)44-19-6-2-7-20-44)52-28-15-29-55-54-26-11-13-32-64(54)69-66(52)55/h1-42H. The van der Waals surface area contributed by atoms with E-state index in [1.165, 1.54) is 119 Å². The minimum atomic E-state index is 1.15. The third kappa shape index (κ3) is 6.39. The summed E-state index contributed by atoms with van der Waals surface area (Å²) in [4.78, 5) is 0. The van der Waals surface area contributed by atoms with Crippen molar-refractivity contribution in [2.24, 2.45) is 0 Å². The van der Waals surface area contributed by atoms with E-state index >= 15 is 0 Å². The van der Waals surface area contributed by atoms with Crippen LogP contribution >= 0.6 is 11.3 Å². The molecule has 3 heterocycles. The van der Waals surface area contributed by atoms with Crippen molar-refractivity contribution in [2.75, 3.05) is 0 Å². The molecule has 2 nitrogen and oxygen atoms in total. The summed E-state index contributed by atoms with van der Waals surface area (Å²) in [6, 6.07) is 93.7. The van der Waals surface area contributed by atoms with E-state index in [9.17, 15) is 0 Å². The fourth-order valence-electron chi connectivity index (χ4n) is 11.0. The highest BCUT2D eigenvalue weighted by atomic mass is 32.1. The lowest BCUT2D eigenvalue weighted by atomic mass is 9.95. The van der Waals surface area contributed by atoms with Crippen molar-refractivity contribution in [2.45, 2.75) is 0 Å². The first-order chi connectivity index (χ1) is 34.2. The Morgan fingerprint density at radius 2 is 0.797 bits per heavy atom. The van der Waals surface area contributed by atoms with E-state index in [1.807, 2.05) is 11.3 Å². The number of rotatable bonds is 7. The van der Waals surface area contributed by atoms with Crippen molar-refractivity contribution in [3.8, 4) is 67.0 Å². The lowest BCUT2D eigenvalue weighted by molar-refractivity contribution is 1.18. The largest absolute Gasteiger partial charge is 0.309 e. The highest BCUT2D eigenvalue weighted by Gasteiger charge is 2.21. The van der Waals surface area contributed by atoms with Crippen molar-refractivity contribution in [1.29, 1.82) is 0 Å². The van der Waals surface area contributed by atoms with Crippen molar-refractivity contribution in [3.05, 3.63) is 255 Å². The van der Waals surface area contributed by atoms with Gasteiger partial charge in [-0.25, -0.2) is 0 Å². The van der Waals surface area contributed by atoms with E-state index < -0.39 is 0 Å². The second-order valence-electron chi connectivity index (χ2n) is 18.0. The summed E-state index contributed by atoms with van der Waals surface area (Å²) in [5, 5.41) is 7.57. The molecule has 0 aliphatic carbocycles. The molecule has 0 aliphatic heterocycles. The number of thiophene rings is 1. The van der Waals surface area contributed by atoms with Crippen molar-refractivity contribution in [1.82, 2.24) is 9.13 Å². The second-order valence-corrected chi connectivity index (χ2v) is 19.1. The number of fused-ring (bicyclic) bond motifs is 9. The van der Waals surface area contributed by atoms with Crippen LogP contribution in [0.5, 0.6) is 0 Å². The predicted molar refractivity (Wildman–Crippen MR) is 295 cm³/mol. The Morgan fingerprint density at radius 3 is 1.61 bits per heavy atom. The quantitative estimate of drug-likeness (QED) is 0.151. The molecule has 69 heavy (non-hydrogen) atoms. The minimum absolute atomic E-state index is 1.15. The van der Waals surface area contributed by atoms with E-state index in [1.54, 1.807) is 0 Å². The Kier molecular flexibility index (Phi) is 9.11. The molecule has 0 radical (unpaired) electrons. The number of hydrogen-bond acceptors (Lipinski definition) is 1. The molecular weight excluding hydrogens is 853 g/mol. The Morgan fingerprint density at radius 1 is 0.261 bits per heavy atom. The van der Waals surface area contributed by atoms with Crippen LogP contribution in [0.3, 0.4) is 0 Å². The summed E-state index contributed by atoms with van der Waals surface area (Å²) in [6.45, 7) is 0. The maximum atomic E-state index is 2.48. The molecule has 11 aromatic carbocycles. The monoisotopic (exact) mass is 894 g/mol. The number of hydrogen-bond donors (Lipinski definition) is 0. The number of benzene rings is 11. The van der Waals surface area contributed by atoms with Gasteiger partial charge in [-0.15, -0.1) is 11.3 Å². The summed E-state index contributed by atoms with van der Waals surface area (Å²) in [5.41, 5.74) is 19.1. The molecule has 0 bridgehead atoms. The van der Waals surface area contributed by atoms with Gasteiger partial charge in [0.1, 0.15) is 0 Å². The zero-order chi connectivity index (χ0) is 45.4. The Bertz CT molecular complexity index is 4290. The van der Waals surface area contributed by atoms with E-state index in [0.29, 0.717) is 0 Å². The number of aromatic nitrogens is 2. The van der Waals surface area contributed by atoms with Gasteiger partial charge in [0.05, 0.1) is 27.8 Å². The molecule has 0 fully saturated rings. The first-order valence-electron chi connectivity index (χ1n) is 23.7. The third-order valence-corrected chi connectivity index (χ3v) is 15.3. The van der Waals surface area contributed by atoms with E-state index in [-0.39, 0.29) is 0 Å². The molecule has 322 valence electrons. The normalized spacial score (nSPS) is 11.8. The Hall–Kier alpha value is -8.76. The van der Waals surface area contributed by atoms with Gasteiger partial charge in [0.25, 0.3) is 0 Å². The highest BCUT2D eigenvalue weighted by Crippen LogP contribution is 2.45. The van der Waals surface area contributed by atoms with Gasteiger partial charge < -0.3 is 9.13 Å². The van der Waals surface area contributed by atoms with Crippen LogP contribution in [0.25, 0.3) is 131 Å².